The second-order valence-corrected chi connectivity index (χ2v) is 6.67. The second-order valence-electron chi connectivity index (χ2n) is 6.67. The molecule has 140 valence electrons. The Labute approximate surface area is 156 Å². The van der Waals surface area contributed by atoms with Crippen LogP contribution in [0.5, 0.6) is 0 Å². The molecule has 0 N–H and O–H groups in total. The van der Waals surface area contributed by atoms with Crippen LogP contribution < -0.4 is 4.90 Å². The molecule has 0 radical (unpaired) electrons. The zero-order chi connectivity index (χ0) is 18.8. The van der Waals surface area contributed by atoms with Crippen LogP contribution in [0.2, 0.25) is 0 Å². The summed E-state index contributed by atoms with van der Waals surface area (Å²) in [5, 5.41) is 0. The first kappa shape index (κ1) is 17.3. The number of amides is 2. The number of furan rings is 1. The van der Waals surface area contributed by atoms with E-state index in [1.54, 1.807) is 17.0 Å². The Kier molecular flexibility index (Phi) is 4.66. The number of hydrogen-bond acceptors (Lipinski definition) is 5. The molecule has 27 heavy (non-hydrogen) atoms. The van der Waals surface area contributed by atoms with Gasteiger partial charge in [-0.2, -0.15) is 0 Å². The smallest absolute Gasteiger partial charge is 0.329 e. The predicted molar refractivity (Wildman–Crippen MR) is 96.2 cm³/mol. The standard InChI is InChI=1S/C20H20N2O5/c23-18(21-11-9-14-5-1-2-6-15(14)21)13-27-20(25)16-7-3-10-22(16)19(24)17-8-4-12-26-17/h1-2,4-6,8,12,16H,3,7,9-11,13H2/t16-/m0/s1. The van der Waals surface area contributed by atoms with Crippen molar-refractivity contribution in [1.29, 1.82) is 0 Å². The second kappa shape index (κ2) is 7.26. The summed E-state index contributed by atoms with van der Waals surface area (Å²) in [5.41, 5.74) is 1.98. The van der Waals surface area contributed by atoms with Gasteiger partial charge in [0.1, 0.15) is 6.04 Å². The van der Waals surface area contributed by atoms with E-state index in [0.29, 0.717) is 25.9 Å². The molecule has 3 heterocycles. The Hall–Kier alpha value is -3.09. The molecule has 4 rings (SSSR count). The summed E-state index contributed by atoms with van der Waals surface area (Å²) in [7, 11) is 0. The summed E-state index contributed by atoms with van der Waals surface area (Å²) in [5.74, 6) is -0.942. The van der Waals surface area contributed by atoms with Gasteiger partial charge in [-0.25, -0.2) is 4.79 Å². The highest BCUT2D eigenvalue weighted by Gasteiger charge is 2.37. The van der Waals surface area contributed by atoms with Gasteiger partial charge in [-0.1, -0.05) is 18.2 Å². The fourth-order valence-electron chi connectivity index (χ4n) is 3.70. The van der Waals surface area contributed by atoms with Crippen molar-refractivity contribution < 1.29 is 23.5 Å². The summed E-state index contributed by atoms with van der Waals surface area (Å²) in [6.45, 7) is 0.724. The largest absolute Gasteiger partial charge is 0.459 e. The van der Waals surface area contributed by atoms with Crippen molar-refractivity contribution in [1.82, 2.24) is 4.90 Å². The lowest BCUT2D eigenvalue weighted by molar-refractivity contribution is -0.151. The number of ether oxygens (including phenoxy) is 1. The van der Waals surface area contributed by atoms with Crippen LogP contribution in [0.25, 0.3) is 0 Å². The highest BCUT2D eigenvalue weighted by molar-refractivity contribution is 5.98. The summed E-state index contributed by atoms with van der Waals surface area (Å²) < 4.78 is 10.4. The first-order chi connectivity index (χ1) is 13.1. The number of benzene rings is 1. The lowest BCUT2D eigenvalue weighted by atomic mass is 10.2. The Morgan fingerprint density at radius 2 is 1.96 bits per heavy atom. The molecule has 7 nitrogen and oxygen atoms in total. The maximum atomic E-state index is 12.5. The minimum absolute atomic E-state index is 0.194. The Balaban J connectivity index is 1.36. The maximum absolute atomic E-state index is 12.5. The van der Waals surface area contributed by atoms with Gasteiger partial charge in [0, 0.05) is 18.8 Å². The van der Waals surface area contributed by atoms with E-state index in [9.17, 15) is 14.4 Å². The van der Waals surface area contributed by atoms with Crippen molar-refractivity contribution in [3.8, 4) is 0 Å². The SMILES string of the molecule is O=C(OCC(=O)N1CCc2ccccc21)[C@@H]1CCCN1C(=O)c1ccco1. The maximum Gasteiger partial charge on any atom is 0.329 e. The van der Waals surface area contributed by atoms with E-state index in [0.717, 1.165) is 17.7 Å². The highest BCUT2D eigenvalue weighted by atomic mass is 16.5. The number of carbonyl (C=O) groups excluding carboxylic acids is 3. The minimum Gasteiger partial charge on any atom is -0.459 e. The number of anilines is 1. The zero-order valence-corrected chi connectivity index (χ0v) is 14.8. The monoisotopic (exact) mass is 368 g/mol. The van der Waals surface area contributed by atoms with Crippen molar-refractivity contribution in [3.63, 3.8) is 0 Å². The van der Waals surface area contributed by atoms with E-state index in [4.69, 9.17) is 9.15 Å². The number of fused-ring (bicyclic) bond motifs is 1. The quantitative estimate of drug-likeness (QED) is 0.772. The van der Waals surface area contributed by atoms with Gasteiger partial charge < -0.3 is 19.0 Å². The molecule has 0 unspecified atom stereocenters. The van der Waals surface area contributed by atoms with Crippen LogP contribution in [-0.2, 0) is 20.7 Å². The number of hydrogen-bond donors (Lipinski definition) is 0. The van der Waals surface area contributed by atoms with Gasteiger partial charge in [0.05, 0.1) is 6.26 Å². The van der Waals surface area contributed by atoms with E-state index >= 15 is 0 Å². The van der Waals surface area contributed by atoms with Gasteiger partial charge in [0.25, 0.3) is 11.8 Å². The lowest BCUT2D eigenvalue weighted by Crippen LogP contribution is -2.42. The number of likely N-dealkylation sites (tertiary alicyclic amines) is 1. The van der Waals surface area contributed by atoms with Crippen LogP contribution in [0.15, 0.2) is 47.1 Å². The van der Waals surface area contributed by atoms with Crippen LogP contribution in [0.4, 0.5) is 5.69 Å². The highest BCUT2D eigenvalue weighted by Crippen LogP contribution is 2.27. The molecule has 7 heteroatoms. The van der Waals surface area contributed by atoms with Crippen LogP contribution >= 0.6 is 0 Å². The number of esters is 1. The Bertz CT molecular complexity index is 861. The lowest BCUT2D eigenvalue weighted by Gasteiger charge is -2.23. The molecular formula is C20H20N2O5. The van der Waals surface area contributed by atoms with Crippen molar-refractivity contribution in [3.05, 3.63) is 54.0 Å². The van der Waals surface area contributed by atoms with Crippen molar-refractivity contribution in [2.75, 3.05) is 24.6 Å². The third-order valence-corrected chi connectivity index (χ3v) is 5.04. The fraction of sp³-hybridized carbons (Fsp3) is 0.350. The van der Waals surface area contributed by atoms with E-state index in [2.05, 4.69) is 0 Å². The first-order valence-corrected chi connectivity index (χ1v) is 9.04. The van der Waals surface area contributed by atoms with E-state index in [-0.39, 0.29) is 24.2 Å². The molecule has 1 saturated heterocycles. The molecule has 1 atom stereocenters. The van der Waals surface area contributed by atoms with E-state index < -0.39 is 12.0 Å². The fourth-order valence-corrected chi connectivity index (χ4v) is 3.70. The molecule has 2 aliphatic rings. The molecular weight excluding hydrogens is 348 g/mol. The number of nitrogens with zero attached hydrogens (tertiary/aromatic N) is 2. The Morgan fingerprint density at radius 3 is 2.78 bits per heavy atom. The summed E-state index contributed by atoms with van der Waals surface area (Å²) in [6.07, 6.45) is 3.44. The molecule has 0 saturated carbocycles. The molecule has 0 bridgehead atoms. The molecule has 2 amide bonds. The number of carbonyl (C=O) groups is 3. The summed E-state index contributed by atoms with van der Waals surface area (Å²) in [4.78, 5) is 40.5. The van der Waals surface area contributed by atoms with Gasteiger partial charge in [0.15, 0.2) is 12.4 Å². The summed E-state index contributed by atoms with van der Waals surface area (Å²) in [6, 6.07) is 10.2. The van der Waals surface area contributed by atoms with Crippen molar-refractivity contribution >= 4 is 23.5 Å². The first-order valence-electron chi connectivity index (χ1n) is 9.04. The topological polar surface area (TPSA) is 80.1 Å². The average molecular weight is 368 g/mol. The van der Waals surface area contributed by atoms with E-state index in [1.165, 1.54) is 11.2 Å². The normalized spacial score (nSPS) is 18.4. The number of rotatable bonds is 4. The molecule has 1 aromatic heterocycles. The van der Waals surface area contributed by atoms with Crippen molar-refractivity contribution in [2.45, 2.75) is 25.3 Å². The molecule has 1 fully saturated rings. The molecule has 2 aliphatic heterocycles. The Morgan fingerprint density at radius 1 is 1.11 bits per heavy atom. The number of para-hydroxylation sites is 1. The van der Waals surface area contributed by atoms with E-state index in [1.807, 2.05) is 24.3 Å². The van der Waals surface area contributed by atoms with Gasteiger partial charge in [-0.05, 0) is 43.0 Å². The third kappa shape index (κ3) is 3.32. The molecule has 0 aliphatic carbocycles. The van der Waals surface area contributed by atoms with Crippen LogP contribution in [-0.4, -0.2) is 48.4 Å². The van der Waals surface area contributed by atoms with Crippen LogP contribution in [0.3, 0.4) is 0 Å². The van der Waals surface area contributed by atoms with Gasteiger partial charge in [-0.3, -0.25) is 9.59 Å². The van der Waals surface area contributed by atoms with Crippen molar-refractivity contribution in [2.24, 2.45) is 0 Å². The minimum atomic E-state index is -0.679. The summed E-state index contributed by atoms with van der Waals surface area (Å²) >= 11 is 0. The van der Waals surface area contributed by atoms with Gasteiger partial charge >= 0.3 is 5.97 Å². The third-order valence-electron chi connectivity index (χ3n) is 5.04. The van der Waals surface area contributed by atoms with Crippen LogP contribution in [0.1, 0.15) is 29.0 Å². The predicted octanol–water partition coefficient (Wildman–Crippen LogP) is 2.02. The molecule has 1 aromatic carbocycles. The average Bonchev–Trinajstić information content (AvgIpc) is 3.45. The molecule has 0 spiro atoms. The zero-order valence-electron chi connectivity index (χ0n) is 14.8. The molecule has 2 aromatic rings. The van der Waals surface area contributed by atoms with Gasteiger partial charge in [-0.15, -0.1) is 0 Å². The van der Waals surface area contributed by atoms with Gasteiger partial charge in [0.2, 0.25) is 0 Å². The van der Waals surface area contributed by atoms with Crippen LogP contribution in [0, 0.1) is 0 Å².